The lowest BCUT2D eigenvalue weighted by molar-refractivity contribution is -0.133. The summed E-state index contributed by atoms with van der Waals surface area (Å²) in [5, 5.41) is 15.0. The van der Waals surface area contributed by atoms with E-state index in [1.807, 2.05) is 44.2 Å². The molecule has 3 atom stereocenters. The van der Waals surface area contributed by atoms with E-state index in [4.69, 9.17) is 10.5 Å². The fourth-order valence-electron chi connectivity index (χ4n) is 3.98. The molecular weight excluding hydrogens is 436 g/mol. The first-order valence-corrected chi connectivity index (χ1v) is 11.8. The van der Waals surface area contributed by atoms with E-state index in [-0.39, 0.29) is 42.3 Å². The zero-order chi connectivity index (χ0) is 25.1. The highest BCUT2D eigenvalue weighted by molar-refractivity contribution is 5.96. The lowest BCUT2D eigenvalue weighted by Crippen LogP contribution is -2.54. The molecule has 9 heteroatoms. The molecule has 186 valence electrons. The van der Waals surface area contributed by atoms with Gasteiger partial charge in [-0.2, -0.15) is 0 Å². The number of aliphatic carboxylic acids is 1. The Morgan fingerprint density at radius 3 is 2.47 bits per heavy atom. The third-order valence-corrected chi connectivity index (χ3v) is 5.75. The molecule has 0 fully saturated rings. The summed E-state index contributed by atoms with van der Waals surface area (Å²) in [6.07, 6.45) is 3.97. The number of hydrogen-bond acceptors (Lipinski definition) is 5. The van der Waals surface area contributed by atoms with E-state index >= 15 is 0 Å². The van der Waals surface area contributed by atoms with Crippen LogP contribution in [0.25, 0.3) is 0 Å². The zero-order valence-corrected chi connectivity index (χ0v) is 20.1. The van der Waals surface area contributed by atoms with Crippen LogP contribution in [0.15, 0.2) is 47.0 Å². The van der Waals surface area contributed by atoms with Crippen LogP contribution in [0.1, 0.15) is 58.4 Å². The largest absolute Gasteiger partial charge is 0.478 e. The molecule has 0 bridgehead atoms. The van der Waals surface area contributed by atoms with Crippen molar-refractivity contribution in [3.8, 4) is 0 Å². The van der Waals surface area contributed by atoms with Gasteiger partial charge in [-0.1, -0.05) is 44.2 Å². The molecule has 2 rings (SSSR count). The number of aryl methyl sites for hydroxylation is 1. The van der Waals surface area contributed by atoms with Crippen LogP contribution in [0.5, 0.6) is 0 Å². The Hall–Kier alpha value is -3.20. The quantitative estimate of drug-likeness (QED) is 0.287. The van der Waals surface area contributed by atoms with Crippen molar-refractivity contribution in [2.45, 2.75) is 83.6 Å². The monoisotopic (exact) mass is 472 g/mol. The summed E-state index contributed by atoms with van der Waals surface area (Å²) in [5.74, 6) is -1.76. The molecule has 1 aliphatic carbocycles. The molecule has 0 aliphatic heterocycles. The second-order valence-corrected chi connectivity index (χ2v) is 8.44. The van der Waals surface area contributed by atoms with E-state index < -0.39 is 24.2 Å². The molecule has 1 aliphatic rings. The lowest BCUT2D eigenvalue weighted by Gasteiger charge is -2.36. The highest BCUT2D eigenvalue weighted by Crippen LogP contribution is 2.26. The van der Waals surface area contributed by atoms with Gasteiger partial charge in [-0.3, -0.25) is 14.9 Å². The van der Waals surface area contributed by atoms with Crippen molar-refractivity contribution >= 4 is 23.7 Å². The standard InChI is InChI=1S/C25H36N4O5/c1-4-19(5-2)34-21-15-18(24(32)33)14-20(23(21)27-16(3)30)28-25(26)29-22(31)13-9-12-17-10-7-6-8-11-17/h6-8,10-11,15,19-21,23H,4-5,9,12-14H2,1-3H3,(H,27,30)(H,32,33)(H3,26,28,29,31)/t20-,21+,23+/m0/s1. The van der Waals surface area contributed by atoms with Gasteiger partial charge in [0.2, 0.25) is 11.8 Å². The second kappa shape index (κ2) is 13.5. The maximum Gasteiger partial charge on any atom is 0.331 e. The van der Waals surface area contributed by atoms with Crippen LogP contribution < -0.4 is 16.4 Å². The van der Waals surface area contributed by atoms with Crippen LogP contribution >= 0.6 is 0 Å². The fourth-order valence-corrected chi connectivity index (χ4v) is 3.98. The average Bonchev–Trinajstić information content (AvgIpc) is 2.79. The molecule has 9 nitrogen and oxygen atoms in total. The normalized spacial score (nSPS) is 20.5. The van der Waals surface area contributed by atoms with E-state index in [1.54, 1.807) is 0 Å². The number of nitrogens with zero attached hydrogens (tertiary/aromatic N) is 1. The minimum absolute atomic E-state index is 0.0492. The maximum atomic E-state index is 12.3. The predicted octanol–water partition coefficient (Wildman–Crippen LogP) is 2.30. The Morgan fingerprint density at radius 2 is 1.88 bits per heavy atom. The minimum atomic E-state index is -1.08. The van der Waals surface area contributed by atoms with Crippen LogP contribution in [0.4, 0.5) is 0 Å². The Kier molecular flexibility index (Phi) is 10.7. The Morgan fingerprint density at radius 1 is 1.21 bits per heavy atom. The van der Waals surface area contributed by atoms with Crippen molar-refractivity contribution in [1.82, 2.24) is 10.6 Å². The third kappa shape index (κ3) is 8.62. The molecule has 34 heavy (non-hydrogen) atoms. The van der Waals surface area contributed by atoms with E-state index in [1.165, 1.54) is 13.0 Å². The van der Waals surface area contributed by atoms with Crippen LogP contribution in [0.3, 0.4) is 0 Å². The third-order valence-electron chi connectivity index (χ3n) is 5.75. The summed E-state index contributed by atoms with van der Waals surface area (Å²) >= 11 is 0. The van der Waals surface area contributed by atoms with Crippen molar-refractivity contribution in [3.63, 3.8) is 0 Å². The van der Waals surface area contributed by atoms with E-state index in [9.17, 15) is 19.5 Å². The molecule has 0 radical (unpaired) electrons. The van der Waals surface area contributed by atoms with E-state index in [0.717, 1.165) is 24.8 Å². The van der Waals surface area contributed by atoms with Gasteiger partial charge < -0.3 is 20.9 Å². The number of amides is 2. The number of rotatable bonds is 11. The minimum Gasteiger partial charge on any atom is -0.478 e. The smallest absolute Gasteiger partial charge is 0.331 e. The first kappa shape index (κ1) is 27.0. The van der Waals surface area contributed by atoms with Crippen LogP contribution in [-0.4, -0.2) is 53.1 Å². The molecule has 0 spiro atoms. The van der Waals surface area contributed by atoms with Crippen molar-refractivity contribution in [1.29, 1.82) is 0 Å². The second-order valence-electron chi connectivity index (χ2n) is 8.44. The number of aliphatic imine (C=N–C) groups is 1. The molecule has 0 saturated heterocycles. The van der Waals surface area contributed by atoms with Gasteiger partial charge in [0, 0.05) is 25.3 Å². The number of hydrogen-bond donors (Lipinski definition) is 4. The lowest BCUT2D eigenvalue weighted by atomic mass is 9.88. The first-order chi connectivity index (χ1) is 16.2. The van der Waals surface area contributed by atoms with Gasteiger partial charge in [-0.05, 0) is 37.3 Å². The number of nitrogens with two attached hydrogens (primary N) is 1. The number of nitrogens with one attached hydrogen (secondary N) is 2. The van der Waals surface area contributed by atoms with E-state index in [0.29, 0.717) is 6.42 Å². The molecule has 0 saturated carbocycles. The first-order valence-electron chi connectivity index (χ1n) is 11.8. The average molecular weight is 473 g/mol. The summed E-state index contributed by atoms with van der Waals surface area (Å²) < 4.78 is 6.12. The van der Waals surface area contributed by atoms with Gasteiger partial charge in [-0.15, -0.1) is 0 Å². The van der Waals surface area contributed by atoms with Crippen LogP contribution in [-0.2, 0) is 25.5 Å². The number of guanidine groups is 1. The summed E-state index contributed by atoms with van der Waals surface area (Å²) in [6, 6.07) is 8.54. The molecular formula is C25H36N4O5. The van der Waals surface area contributed by atoms with Gasteiger partial charge in [0.05, 0.1) is 24.3 Å². The van der Waals surface area contributed by atoms with Gasteiger partial charge >= 0.3 is 5.97 Å². The number of ether oxygens (including phenoxy) is 1. The molecule has 2 amide bonds. The van der Waals surface area contributed by atoms with Gasteiger partial charge in [-0.25, -0.2) is 9.79 Å². The number of benzene rings is 1. The van der Waals surface area contributed by atoms with Gasteiger partial charge in [0.1, 0.15) is 0 Å². The molecule has 1 aromatic rings. The molecule has 1 aromatic carbocycles. The van der Waals surface area contributed by atoms with Crippen LogP contribution in [0, 0.1) is 0 Å². The highest BCUT2D eigenvalue weighted by Gasteiger charge is 2.37. The zero-order valence-electron chi connectivity index (χ0n) is 20.1. The predicted molar refractivity (Wildman–Crippen MR) is 130 cm³/mol. The summed E-state index contributed by atoms with van der Waals surface area (Å²) in [7, 11) is 0. The summed E-state index contributed by atoms with van der Waals surface area (Å²) in [5.41, 5.74) is 7.28. The Labute approximate surface area is 200 Å². The van der Waals surface area contributed by atoms with Gasteiger partial charge in [0.25, 0.3) is 0 Å². The fraction of sp³-hybridized carbons (Fsp3) is 0.520. The van der Waals surface area contributed by atoms with Gasteiger partial charge in [0.15, 0.2) is 5.96 Å². The van der Waals surface area contributed by atoms with E-state index in [2.05, 4.69) is 15.6 Å². The molecule has 0 unspecified atom stereocenters. The Balaban J connectivity index is 2.11. The number of carboxylic acids is 1. The molecule has 5 N–H and O–H groups in total. The molecule has 0 heterocycles. The van der Waals surface area contributed by atoms with Crippen molar-refractivity contribution in [2.24, 2.45) is 10.7 Å². The SMILES string of the molecule is CCC(CC)O[C@@H]1C=C(C(=O)O)C[C@H](N=C(N)NC(=O)CCCc2ccccc2)[C@H]1NC(C)=O. The summed E-state index contributed by atoms with van der Waals surface area (Å²) in [6.45, 7) is 5.34. The Bertz CT molecular complexity index is 896. The van der Waals surface area contributed by atoms with Crippen molar-refractivity contribution in [2.75, 3.05) is 0 Å². The van der Waals surface area contributed by atoms with Crippen molar-refractivity contribution in [3.05, 3.63) is 47.5 Å². The van der Waals surface area contributed by atoms with Crippen molar-refractivity contribution < 1.29 is 24.2 Å². The number of carbonyl (C=O) groups excluding carboxylic acids is 2. The topological polar surface area (TPSA) is 143 Å². The van der Waals surface area contributed by atoms with Crippen LogP contribution in [0.2, 0.25) is 0 Å². The highest BCUT2D eigenvalue weighted by atomic mass is 16.5. The number of carbonyl (C=O) groups is 3. The maximum absolute atomic E-state index is 12.3. The molecule has 0 aromatic heterocycles. The number of carboxylic acid groups (broad SMARTS) is 1. The summed E-state index contributed by atoms with van der Waals surface area (Å²) in [4.78, 5) is 40.3.